The third-order valence-corrected chi connectivity index (χ3v) is 9.58. The molecule has 0 unspecified atom stereocenters. The van der Waals surface area contributed by atoms with E-state index in [1.54, 1.807) is 5.38 Å². The number of thiazole rings is 1. The Labute approximate surface area is 260 Å². The molecule has 4 aromatic heterocycles. The molecule has 19 heteroatoms. The number of nitrogens with one attached hydrogen (secondary N) is 2. The number of anilines is 1. The predicted molar refractivity (Wildman–Crippen MR) is 162 cm³/mol. The van der Waals surface area contributed by atoms with Gasteiger partial charge in [0.05, 0.1) is 6.54 Å². The van der Waals surface area contributed by atoms with Crippen LogP contribution in [0.5, 0.6) is 0 Å². The summed E-state index contributed by atoms with van der Waals surface area (Å²) in [7, 11) is 1.25. The zero-order valence-electron chi connectivity index (χ0n) is 22.8. The molecule has 0 bridgehead atoms. The zero-order chi connectivity index (χ0) is 31.1. The lowest BCUT2D eigenvalue weighted by Gasteiger charge is -2.49. The van der Waals surface area contributed by atoms with Gasteiger partial charge in [-0.25, -0.2) is 9.78 Å². The van der Waals surface area contributed by atoms with Gasteiger partial charge in [0.25, 0.3) is 11.8 Å². The van der Waals surface area contributed by atoms with Gasteiger partial charge in [-0.1, -0.05) is 5.16 Å². The molecule has 1 fully saturated rings. The van der Waals surface area contributed by atoms with E-state index in [1.165, 1.54) is 35.1 Å². The fraction of sp³-hybridized carbons (Fsp3) is 0.240. The standard InChI is InChI=1S/C25H23N11O5S3/c1-41-32-16(20-31-25(28)44-33-20)21(37)30-17-22(38)36-18(24(39)40)12(9-43-23(17)36)6-34-4-2-11-3-5-35(14(11)7-34)8-15-29-13(10-42-15)19(26)27/h2-5,7,10,17,23H,6,8-9H2,1H3,(H6-,26,27,28,30,31,33,37,39,40)/p+1/t17-,23-/m1/s1. The van der Waals surface area contributed by atoms with Gasteiger partial charge in [0.1, 0.15) is 46.3 Å². The first-order valence-electron chi connectivity index (χ1n) is 12.8. The maximum absolute atomic E-state index is 13.2. The second kappa shape index (κ2) is 11.7. The van der Waals surface area contributed by atoms with Crippen LogP contribution in [0.2, 0.25) is 0 Å². The number of carbonyl (C=O) groups is 3. The second-order valence-corrected chi connectivity index (χ2v) is 12.5. The van der Waals surface area contributed by atoms with Crippen molar-refractivity contribution in [1.29, 1.82) is 5.41 Å². The fourth-order valence-corrected chi connectivity index (χ4v) is 7.46. The number of hydrogen-bond acceptors (Lipinski definition) is 13. The van der Waals surface area contributed by atoms with Gasteiger partial charge in [0.15, 0.2) is 24.1 Å². The van der Waals surface area contributed by atoms with E-state index in [0.29, 0.717) is 23.6 Å². The normalized spacial score (nSPS) is 18.2. The first-order chi connectivity index (χ1) is 21.1. The van der Waals surface area contributed by atoms with Crippen molar-refractivity contribution in [1.82, 2.24) is 29.1 Å². The number of fused-ring (bicyclic) bond motifs is 2. The van der Waals surface area contributed by atoms with Crippen molar-refractivity contribution in [2.75, 3.05) is 18.6 Å². The number of aliphatic carboxylic acids is 1. The molecule has 4 aromatic rings. The topological polar surface area (TPSA) is 232 Å². The molecule has 0 spiro atoms. The third kappa shape index (κ3) is 5.35. The number of nitrogens with zero attached hydrogens (tertiary/aromatic N) is 7. The smallest absolute Gasteiger partial charge is 0.352 e. The minimum atomic E-state index is -1.23. The van der Waals surface area contributed by atoms with Crippen LogP contribution in [0.3, 0.4) is 0 Å². The molecule has 0 radical (unpaired) electrons. The number of carbonyl (C=O) groups excluding carboxylic acids is 2. The molecular formula is C25H24N11O5S3+. The maximum atomic E-state index is 13.2. The number of amidine groups is 1. The lowest BCUT2D eigenvalue weighted by Crippen LogP contribution is -2.71. The number of carboxylic acids is 1. The number of β-lactam (4-membered cyclic amide) rings is 1. The molecule has 2 aliphatic heterocycles. The van der Waals surface area contributed by atoms with Gasteiger partial charge < -0.3 is 31.3 Å². The largest absolute Gasteiger partial charge is 0.477 e. The summed E-state index contributed by atoms with van der Waals surface area (Å²) < 4.78 is 7.85. The minimum absolute atomic E-state index is 0.0483. The van der Waals surface area contributed by atoms with Gasteiger partial charge in [-0.05, 0) is 6.07 Å². The summed E-state index contributed by atoms with van der Waals surface area (Å²) in [5, 5.41) is 27.0. The Morgan fingerprint density at radius 1 is 1.34 bits per heavy atom. The van der Waals surface area contributed by atoms with Crippen molar-refractivity contribution in [2.45, 2.75) is 24.5 Å². The van der Waals surface area contributed by atoms with Crippen LogP contribution in [0.1, 0.15) is 16.5 Å². The number of pyridine rings is 1. The van der Waals surface area contributed by atoms with Crippen molar-refractivity contribution >= 4 is 80.0 Å². The van der Waals surface area contributed by atoms with Gasteiger partial charge >= 0.3 is 5.97 Å². The zero-order valence-corrected chi connectivity index (χ0v) is 25.3. The van der Waals surface area contributed by atoms with Gasteiger partial charge in [-0.3, -0.25) is 19.9 Å². The van der Waals surface area contributed by atoms with E-state index in [9.17, 15) is 19.5 Å². The molecule has 2 atom stereocenters. The highest BCUT2D eigenvalue weighted by Gasteiger charge is 2.55. The number of aromatic nitrogens is 5. The number of thioether (sulfide) groups is 1. The first-order valence-corrected chi connectivity index (χ1v) is 15.5. The Bertz CT molecular complexity index is 1890. The third-order valence-electron chi connectivity index (χ3n) is 6.87. The number of nitrogens with two attached hydrogens (primary N) is 2. The van der Waals surface area contributed by atoms with E-state index in [2.05, 4.69) is 24.8 Å². The molecule has 2 amide bonds. The molecule has 16 nitrogen and oxygen atoms in total. The Hall–Kier alpha value is -4.88. The SMILES string of the molecule is CON=C(C(=O)N[C@@H]1C(=O)N2C(C(=O)O)=C(C[n+]3ccc4ccn(Cc5nc(C(=N)N)cs5)c4c3)CS[C@H]12)c1nsc(N)n1. The van der Waals surface area contributed by atoms with Gasteiger partial charge in [-0.15, -0.1) is 23.1 Å². The molecule has 6 rings (SSSR count). The molecule has 0 aromatic carbocycles. The molecule has 7 N–H and O–H groups in total. The highest BCUT2D eigenvalue weighted by Crippen LogP contribution is 2.40. The summed E-state index contributed by atoms with van der Waals surface area (Å²) in [5.74, 6) is -2.36. The number of rotatable bonds is 10. The predicted octanol–water partition coefficient (Wildman–Crippen LogP) is -0.0593. The second-order valence-electron chi connectivity index (χ2n) is 9.64. The van der Waals surface area contributed by atoms with E-state index >= 15 is 0 Å². The molecule has 0 saturated carbocycles. The molecular weight excluding hydrogens is 631 g/mol. The van der Waals surface area contributed by atoms with E-state index in [4.69, 9.17) is 21.7 Å². The highest BCUT2D eigenvalue weighted by molar-refractivity contribution is 8.00. The average Bonchev–Trinajstić information content (AvgIpc) is 3.75. The summed E-state index contributed by atoms with van der Waals surface area (Å²) in [6.07, 6.45) is 5.70. The summed E-state index contributed by atoms with van der Waals surface area (Å²) in [5.41, 5.74) is 12.7. The van der Waals surface area contributed by atoms with Crippen LogP contribution < -0.4 is 21.4 Å². The fourth-order valence-electron chi connectivity index (χ4n) is 4.90. The maximum Gasteiger partial charge on any atom is 0.352 e. The quantitative estimate of drug-likeness (QED) is 0.0500. The summed E-state index contributed by atoms with van der Waals surface area (Å²) in [6, 6.07) is 2.92. The number of hydrogen-bond donors (Lipinski definition) is 5. The number of oxime groups is 1. The first kappa shape index (κ1) is 29.2. The minimum Gasteiger partial charge on any atom is -0.477 e. The Kier molecular flexibility index (Phi) is 7.74. The summed E-state index contributed by atoms with van der Waals surface area (Å²) in [4.78, 5) is 52.9. The monoisotopic (exact) mass is 654 g/mol. The van der Waals surface area contributed by atoms with Crippen molar-refractivity contribution in [2.24, 2.45) is 10.9 Å². The molecule has 6 heterocycles. The number of nitrogen functional groups attached to an aromatic ring is 2. The van der Waals surface area contributed by atoms with Gasteiger partial charge in [0.2, 0.25) is 11.5 Å². The molecule has 1 saturated heterocycles. The van der Waals surface area contributed by atoms with Crippen LogP contribution in [0.4, 0.5) is 5.13 Å². The van der Waals surface area contributed by atoms with Crippen LogP contribution in [0.25, 0.3) is 10.9 Å². The van der Waals surface area contributed by atoms with Crippen LogP contribution in [0, 0.1) is 5.41 Å². The summed E-state index contributed by atoms with van der Waals surface area (Å²) >= 11 is 3.64. The Morgan fingerprint density at radius 3 is 2.84 bits per heavy atom. The molecule has 2 aliphatic rings. The van der Waals surface area contributed by atoms with Crippen molar-refractivity contribution in [3.8, 4) is 0 Å². The van der Waals surface area contributed by atoms with E-state index in [0.717, 1.165) is 27.4 Å². The Balaban J connectivity index is 1.21. The van der Waals surface area contributed by atoms with Crippen LogP contribution in [-0.4, -0.2) is 82.5 Å². The van der Waals surface area contributed by atoms with Crippen molar-refractivity contribution in [3.63, 3.8) is 0 Å². The van der Waals surface area contributed by atoms with E-state index < -0.39 is 29.2 Å². The van der Waals surface area contributed by atoms with Crippen molar-refractivity contribution in [3.05, 3.63) is 63.9 Å². The molecule has 0 aliphatic carbocycles. The average molecular weight is 655 g/mol. The lowest BCUT2D eigenvalue weighted by atomic mass is 10.0. The van der Waals surface area contributed by atoms with Gasteiger partial charge in [-0.2, -0.15) is 13.9 Å². The number of carboxylic acid groups (broad SMARTS) is 1. The van der Waals surface area contributed by atoms with E-state index in [1.807, 2.05) is 39.9 Å². The van der Waals surface area contributed by atoms with Crippen LogP contribution in [-0.2, 0) is 32.3 Å². The van der Waals surface area contributed by atoms with Gasteiger partial charge in [0, 0.05) is 45.9 Å². The number of amides is 2. The van der Waals surface area contributed by atoms with Crippen LogP contribution in [0.15, 0.2) is 52.5 Å². The summed E-state index contributed by atoms with van der Waals surface area (Å²) in [6.45, 7) is 0.709. The van der Waals surface area contributed by atoms with Crippen molar-refractivity contribution < 1.29 is 28.9 Å². The highest BCUT2D eigenvalue weighted by atomic mass is 32.2. The Morgan fingerprint density at radius 2 is 2.16 bits per heavy atom. The lowest BCUT2D eigenvalue weighted by molar-refractivity contribution is -0.687. The molecule has 226 valence electrons. The van der Waals surface area contributed by atoms with Crippen LogP contribution >= 0.6 is 34.6 Å². The molecule has 44 heavy (non-hydrogen) atoms. The van der Waals surface area contributed by atoms with E-state index in [-0.39, 0.29) is 34.7 Å².